The monoisotopic (exact) mass is 268 g/mol. The Kier molecular flexibility index (Phi) is 4.21. The maximum absolute atomic E-state index is 13.7. The van der Waals surface area contributed by atoms with Crippen LogP contribution in [0, 0.1) is 11.6 Å². The van der Waals surface area contributed by atoms with E-state index < -0.39 is 11.6 Å². The molecule has 1 fully saturated rings. The number of likely N-dealkylation sites (N-methyl/N-ethyl adjacent to an activating group) is 1. The lowest BCUT2D eigenvalue weighted by molar-refractivity contribution is 0.0575. The fraction of sp³-hybridized carbons (Fsp3) is 0.600. The highest BCUT2D eigenvalue weighted by atomic mass is 19.1. The van der Waals surface area contributed by atoms with Crippen molar-refractivity contribution in [2.45, 2.75) is 37.8 Å². The van der Waals surface area contributed by atoms with Gasteiger partial charge in [0.15, 0.2) is 0 Å². The maximum Gasteiger partial charge on any atom is 0.130 e. The van der Waals surface area contributed by atoms with Crippen molar-refractivity contribution in [1.29, 1.82) is 0 Å². The molecule has 4 heteroatoms. The number of benzene rings is 1. The van der Waals surface area contributed by atoms with Crippen molar-refractivity contribution in [3.8, 4) is 0 Å². The first-order chi connectivity index (χ1) is 8.94. The lowest BCUT2D eigenvalue weighted by Gasteiger charge is -2.48. The molecule has 0 saturated heterocycles. The Morgan fingerprint density at radius 1 is 1.32 bits per heavy atom. The third-order valence-corrected chi connectivity index (χ3v) is 4.40. The molecule has 1 aliphatic rings. The fourth-order valence-corrected chi connectivity index (χ4v) is 2.67. The SMILES string of the molecule is CC(NCC1(N(C)C)CCC1)c1ccc(F)cc1F. The van der Waals surface area contributed by atoms with E-state index in [2.05, 4.69) is 24.3 Å². The minimum Gasteiger partial charge on any atom is -0.308 e. The lowest BCUT2D eigenvalue weighted by atomic mass is 9.75. The van der Waals surface area contributed by atoms with Crippen LogP contribution in [0.15, 0.2) is 18.2 Å². The molecule has 0 bridgehead atoms. The second kappa shape index (κ2) is 5.55. The topological polar surface area (TPSA) is 15.3 Å². The van der Waals surface area contributed by atoms with E-state index >= 15 is 0 Å². The molecule has 1 aromatic carbocycles. The third kappa shape index (κ3) is 2.95. The number of hydrogen-bond acceptors (Lipinski definition) is 2. The molecule has 1 atom stereocenters. The highest BCUT2D eigenvalue weighted by Gasteiger charge is 2.38. The van der Waals surface area contributed by atoms with E-state index in [4.69, 9.17) is 0 Å². The van der Waals surface area contributed by atoms with Gasteiger partial charge < -0.3 is 10.2 Å². The van der Waals surface area contributed by atoms with Crippen LogP contribution in [-0.4, -0.2) is 31.1 Å². The molecule has 106 valence electrons. The van der Waals surface area contributed by atoms with Gasteiger partial charge in [-0.2, -0.15) is 0 Å². The van der Waals surface area contributed by atoms with Crippen LogP contribution < -0.4 is 5.32 Å². The predicted molar refractivity (Wildman–Crippen MR) is 73.0 cm³/mol. The van der Waals surface area contributed by atoms with Crippen molar-refractivity contribution in [1.82, 2.24) is 10.2 Å². The first-order valence-electron chi connectivity index (χ1n) is 6.80. The number of hydrogen-bond donors (Lipinski definition) is 1. The van der Waals surface area contributed by atoms with Crippen LogP contribution in [0.2, 0.25) is 0 Å². The second-order valence-corrected chi connectivity index (χ2v) is 5.74. The number of nitrogens with zero attached hydrogens (tertiary/aromatic N) is 1. The van der Waals surface area contributed by atoms with Gasteiger partial charge in [0.05, 0.1) is 0 Å². The normalized spacial score (nSPS) is 19.3. The molecule has 0 radical (unpaired) electrons. The Morgan fingerprint density at radius 2 is 2.00 bits per heavy atom. The highest BCUT2D eigenvalue weighted by Crippen LogP contribution is 2.36. The Hall–Kier alpha value is -1.00. The van der Waals surface area contributed by atoms with E-state index in [1.807, 2.05) is 6.92 Å². The van der Waals surface area contributed by atoms with Gasteiger partial charge in [0.2, 0.25) is 0 Å². The molecule has 1 aromatic rings. The minimum atomic E-state index is -0.530. The van der Waals surface area contributed by atoms with Crippen LogP contribution in [-0.2, 0) is 0 Å². The molecule has 2 nitrogen and oxygen atoms in total. The zero-order chi connectivity index (χ0) is 14.0. The van der Waals surface area contributed by atoms with Gasteiger partial charge in [0, 0.05) is 29.8 Å². The van der Waals surface area contributed by atoms with Gasteiger partial charge in [0.1, 0.15) is 11.6 Å². The average molecular weight is 268 g/mol. The molecule has 0 amide bonds. The standard InChI is InChI=1S/C15H22F2N2/c1-11(13-6-5-12(16)9-14(13)17)18-10-15(19(2)3)7-4-8-15/h5-6,9,11,18H,4,7-8,10H2,1-3H3. The molecular formula is C15H22F2N2. The number of nitrogens with one attached hydrogen (secondary N) is 1. The Balaban J connectivity index is 1.99. The molecule has 0 aromatic heterocycles. The van der Waals surface area contributed by atoms with Gasteiger partial charge in [-0.3, -0.25) is 0 Å². The van der Waals surface area contributed by atoms with E-state index in [0.717, 1.165) is 12.6 Å². The third-order valence-electron chi connectivity index (χ3n) is 4.40. The fourth-order valence-electron chi connectivity index (χ4n) is 2.67. The Bertz CT molecular complexity index is 442. The molecule has 0 heterocycles. The first kappa shape index (κ1) is 14.4. The summed E-state index contributed by atoms with van der Waals surface area (Å²) in [5.74, 6) is -1.01. The summed E-state index contributed by atoms with van der Waals surface area (Å²) >= 11 is 0. The van der Waals surface area contributed by atoms with Crippen molar-refractivity contribution >= 4 is 0 Å². The summed E-state index contributed by atoms with van der Waals surface area (Å²) in [5.41, 5.74) is 0.722. The van der Waals surface area contributed by atoms with Crippen molar-refractivity contribution in [2.24, 2.45) is 0 Å². The smallest absolute Gasteiger partial charge is 0.130 e. The zero-order valence-corrected chi connectivity index (χ0v) is 11.8. The predicted octanol–water partition coefficient (Wildman–Crippen LogP) is 3.10. The van der Waals surface area contributed by atoms with Crippen molar-refractivity contribution in [3.63, 3.8) is 0 Å². The van der Waals surface area contributed by atoms with Crippen molar-refractivity contribution in [3.05, 3.63) is 35.4 Å². The second-order valence-electron chi connectivity index (χ2n) is 5.74. The van der Waals surface area contributed by atoms with Crippen molar-refractivity contribution in [2.75, 3.05) is 20.6 Å². The van der Waals surface area contributed by atoms with Crippen LogP contribution in [0.25, 0.3) is 0 Å². The Morgan fingerprint density at radius 3 is 2.47 bits per heavy atom. The van der Waals surface area contributed by atoms with Gasteiger partial charge in [-0.05, 0) is 46.3 Å². The molecule has 1 aliphatic carbocycles. The van der Waals surface area contributed by atoms with Gasteiger partial charge in [-0.15, -0.1) is 0 Å². The van der Waals surface area contributed by atoms with Crippen LogP contribution >= 0.6 is 0 Å². The molecule has 1 N–H and O–H groups in total. The summed E-state index contributed by atoms with van der Waals surface area (Å²) in [5, 5.41) is 3.38. The number of halogens is 2. The molecular weight excluding hydrogens is 246 g/mol. The summed E-state index contributed by atoms with van der Waals surface area (Å²) in [4.78, 5) is 2.25. The average Bonchev–Trinajstić information content (AvgIpc) is 2.26. The minimum absolute atomic E-state index is 0.113. The molecule has 0 spiro atoms. The molecule has 2 rings (SSSR count). The highest BCUT2D eigenvalue weighted by molar-refractivity contribution is 5.21. The van der Waals surface area contributed by atoms with Crippen LogP contribution in [0.4, 0.5) is 8.78 Å². The van der Waals surface area contributed by atoms with E-state index in [-0.39, 0.29) is 11.6 Å². The molecule has 19 heavy (non-hydrogen) atoms. The van der Waals surface area contributed by atoms with Crippen LogP contribution in [0.3, 0.4) is 0 Å². The summed E-state index contributed by atoms with van der Waals surface area (Å²) in [6.07, 6.45) is 3.59. The van der Waals surface area contributed by atoms with Gasteiger partial charge in [-0.25, -0.2) is 8.78 Å². The molecule has 1 unspecified atom stereocenters. The quantitative estimate of drug-likeness (QED) is 0.882. The molecule has 0 aliphatic heterocycles. The summed E-state index contributed by atoms with van der Waals surface area (Å²) in [6.45, 7) is 2.75. The summed E-state index contributed by atoms with van der Waals surface area (Å²) < 4.78 is 26.6. The largest absolute Gasteiger partial charge is 0.308 e. The first-order valence-corrected chi connectivity index (χ1v) is 6.80. The summed E-state index contributed by atoms with van der Waals surface area (Å²) in [6, 6.07) is 3.66. The van der Waals surface area contributed by atoms with Gasteiger partial charge in [0.25, 0.3) is 0 Å². The number of rotatable bonds is 5. The zero-order valence-electron chi connectivity index (χ0n) is 11.8. The van der Waals surface area contributed by atoms with E-state index in [0.29, 0.717) is 5.56 Å². The van der Waals surface area contributed by atoms with Crippen LogP contribution in [0.1, 0.15) is 37.8 Å². The van der Waals surface area contributed by atoms with Gasteiger partial charge in [-0.1, -0.05) is 6.07 Å². The lowest BCUT2D eigenvalue weighted by Crippen LogP contribution is -2.56. The van der Waals surface area contributed by atoms with Gasteiger partial charge >= 0.3 is 0 Å². The maximum atomic E-state index is 13.7. The molecule has 1 saturated carbocycles. The van der Waals surface area contributed by atoms with Crippen molar-refractivity contribution < 1.29 is 8.78 Å². The van der Waals surface area contributed by atoms with E-state index in [9.17, 15) is 8.78 Å². The van der Waals surface area contributed by atoms with E-state index in [1.54, 1.807) is 0 Å². The summed E-state index contributed by atoms with van der Waals surface area (Å²) in [7, 11) is 4.17. The van der Waals surface area contributed by atoms with Crippen LogP contribution in [0.5, 0.6) is 0 Å². The Labute approximate surface area is 113 Å². The van der Waals surface area contributed by atoms with E-state index in [1.165, 1.54) is 31.4 Å².